The van der Waals surface area contributed by atoms with Crippen LogP contribution in [0.2, 0.25) is 0 Å². The minimum absolute atomic E-state index is 0.548. The van der Waals surface area contributed by atoms with Crippen molar-refractivity contribution in [3.8, 4) is 5.75 Å². The van der Waals surface area contributed by atoms with E-state index in [0.29, 0.717) is 5.92 Å². The molecule has 0 aliphatic heterocycles. The third-order valence-corrected chi connectivity index (χ3v) is 3.84. The van der Waals surface area contributed by atoms with Crippen molar-refractivity contribution in [2.45, 2.75) is 12.8 Å². The Labute approximate surface area is 105 Å². The smallest absolute Gasteiger partial charge is 0.119 e. The molecule has 0 amide bonds. The summed E-state index contributed by atoms with van der Waals surface area (Å²) in [7, 11) is 1.70. The molecule has 1 unspecified atom stereocenters. The second-order valence-corrected chi connectivity index (χ2v) is 4.68. The van der Waals surface area contributed by atoms with Crippen molar-refractivity contribution in [3.05, 3.63) is 42.0 Å². The number of ether oxygens (including phenoxy) is 1. The van der Waals surface area contributed by atoms with Gasteiger partial charge in [0.05, 0.1) is 7.11 Å². The molecule has 0 aliphatic rings. The van der Waals surface area contributed by atoms with E-state index in [1.165, 1.54) is 16.3 Å². The van der Waals surface area contributed by atoms with Gasteiger partial charge in [0.25, 0.3) is 0 Å². The van der Waals surface area contributed by atoms with Crippen LogP contribution < -0.4 is 4.74 Å². The standard InChI is InChI=1S/C14H15BrO/c1-10(9-15)11-3-4-13-8-14(16-2)6-5-12(13)7-11/h3-8,10H,9H2,1-2H3. The van der Waals surface area contributed by atoms with E-state index in [4.69, 9.17) is 4.74 Å². The van der Waals surface area contributed by atoms with E-state index in [-0.39, 0.29) is 0 Å². The Morgan fingerprint density at radius 1 is 1.12 bits per heavy atom. The van der Waals surface area contributed by atoms with Gasteiger partial charge in [0, 0.05) is 5.33 Å². The fourth-order valence-electron chi connectivity index (χ4n) is 1.76. The molecule has 84 valence electrons. The molecule has 0 saturated carbocycles. The number of methoxy groups -OCH3 is 1. The lowest BCUT2D eigenvalue weighted by Gasteiger charge is -2.09. The van der Waals surface area contributed by atoms with Crippen LogP contribution in [0.5, 0.6) is 5.75 Å². The zero-order valence-corrected chi connectivity index (χ0v) is 11.1. The summed E-state index contributed by atoms with van der Waals surface area (Å²) in [6, 6.07) is 12.8. The molecule has 1 atom stereocenters. The number of rotatable bonds is 3. The molecular formula is C14H15BrO. The van der Waals surface area contributed by atoms with Crippen LogP contribution >= 0.6 is 15.9 Å². The first kappa shape index (κ1) is 11.5. The van der Waals surface area contributed by atoms with Gasteiger partial charge in [-0.1, -0.05) is 47.1 Å². The monoisotopic (exact) mass is 278 g/mol. The average molecular weight is 279 g/mol. The van der Waals surface area contributed by atoms with Gasteiger partial charge in [0.2, 0.25) is 0 Å². The molecular weight excluding hydrogens is 264 g/mol. The highest BCUT2D eigenvalue weighted by Crippen LogP contribution is 2.25. The van der Waals surface area contributed by atoms with Crippen molar-refractivity contribution in [2.75, 3.05) is 12.4 Å². The predicted octanol–water partition coefficient (Wildman–Crippen LogP) is 4.35. The average Bonchev–Trinajstić information content (AvgIpc) is 2.36. The van der Waals surface area contributed by atoms with E-state index in [9.17, 15) is 0 Å². The van der Waals surface area contributed by atoms with Crippen LogP contribution in [0.25, 0.3) is 10.8 Å². The molecule has 2 heteroatoms. The van der Waals surface area contributed by atoms with Crippen molar-refractivity contribution in [2.24, 2.45) is 0 Å². The quantitative estimate of drug-likeness (QED) is 0.759. The summed E-state index contributed by atoms with van der Waals surface area (Å²) in [4.78, 5) is 0. The fourth-order valence-corrected chi connectivity index (χ4v) is 2.14. The van der Waals surface area contributed by atoms with Gasteiger partial charge in [-0.15, -0.1) is 0 Å². The van der Waals surface area contributed by atoms with Gasteiger partial charge in [-0.2, -0.15) is 0 Å². The molecule has 1 nitrogen and oxygen atoms in total. The van der Waals surface area contributed by atoms with Crippen LogP contribution in [0.4, 0.5) is 0 Å². The number of alkyl halides is 1. The fraction of sp³-hybridized carbons (Fsp3) is 0.286. The molecule has 0 aromatic heterocycles. The summed E-state index contributed by atoms with van der Waals surface area (Å²) < 4.78 is 5.21. The largest absolute Gasteiger partial charge is 0.497 e. The van der Waals surface area contributed by atoms with Crippen LogP contribution in [-0.4, -0.2) is 12.4 Å². The van der Waals surface area contributed by atoms with Crippen LogP contribution in [0.3, 0.4) is 0 Å². The Balaban J connectivity index is 2.47. The lowest BCUT2D eigenvalue weighted by molar-refractivity contribution is 0.415. The summed E-state index contributed by atoms with van der Waals surface area (Å²) in [6.45, 7) is 2.22. The van der Waals surface area contributed by atoms with Gasteiger partial charge in [-0.25, -0.2) is 0 Å². The number of fused-ring (bicyclic) bond motifs is 1. The third kappa shape index (κ3) is 2.22. The van der Waals surface area contributed by atoms with Gasteiger partial charge >= 0.3 is 0 Å². The van der Waals surface area contributed by atoms with Crippen molar-refractivity contribution in [1.82, 2.24) is 0 Å². The number of hydrogen-bond donors (Lipinski definition) is 0. The molecule has 0 radical (unpaired) electrons. The topological polar surface area (TPSA) is 9.23 Å². The summed E-state index contributed by atoms with van der Waals surface area (Å²) in [5.41, 5.74) is 1.37. The van der Waals surface area contributed by atoms with E-state index >= 15 is 0 Å². The lowest BCUT2D eigenvalue weighted by atomic mass is 9.99. The molecule has 0 fully saturated rings. The normalized spacial score (nSPS) is 12.7. The molecule has 2 aromatic carbocycles. The lowest BCUT2D eigenvalue weighted by Crippen LogP contribution is -1.93. The third-order valence-electron chi connectivity index (χ3n) is 2.87. The van der Waals surface area contributed by atoms with Gasteiger partial charge < -0.3 is 4.74 Å². The minimum atomic E-state index is 0.548. The summed E-state index contributed by atoms with van der Waals surface area (Å²) >= 11 is 3.52. The summed E-state index contributed by atoms with van der Waals surface area (Å²) in [5.74, 6) is 1.46. The molecule has 16 heavy (non-hydrogen) atoms. The molecule has 0 spiro atoms. The van der Waals surface area contributed by atoms with E-state index in [1.54, 1.807) is 7.11 Å². The van der Waals surface area contributed by atoms with Crippen molar-refractivity contribution < 1.29 is 4.74 Å². The molecule has 0 bridgehead atoms. The Morgan fingerprint density at radius 2 is 1.81 bits per heavy atom. The zero-order valence-electron chi connectivity index (χ0n) is 9.53. The van der Waals surface area contributed by atoms with Gasteiger partial charge in [-0.05, 0) is 34.4 Å². The van der Waals surface area contributed by atoms with Gasteiger partial charge in [0.1, 0.15) is 5.75 Å². The summed E-state index contributed by atoms with van der Waals surface area (Å²) in [5, 5.41) is 3.49. The highest BCUT2D eigenvalue weighted by molar-refractivity contribution is 9.09. The second-order valence-electron chi connectivity index (χ2n) is 4.03. The van der Waals surface area contributed by atoms with Crippen LogP contribution in [0.1, 0.15) is 18.4 Å². The van der Waals surface area contributed by atoms with Crippen molar-refractivity contribution in [1.29, 1.82) is 0 Å². The Hall–Kier alpha value is -1.02. The highest BCUT2D eigenvalue weighted by Gasteiger charge is 2.04. The maximum absolute atomic E-state index is 5.21. The van der Waals surface area contributed by atoms with Crippen LogP contribution in [0.15, 0.2) is 36.4 Å². The number of benzene rings is 2. The van der Waals surface area contributed by atoms with Gasteiger partial charge in [0.15, 0.2) is 0 Å². The van der Waals surface area contributed by atoms with Crippen molar-refractivity contribution >= 4 is 26.7 Å². The maximum Gasteiger partial charge on any atom is 0.119 e. The highest BCUT2D eigenvalue weighted by atomic mass is 79.9. The van der Waals surface area contributed by atoms with Crippen molar-refractivity contribution in [3.63, 3.8) is 0 Å². The zero-order chi connectivity index (χ0) is 11.5. The van der Waals surface area contributed by atoms with Crippen LogP contribution in [0, 0.1) is 0 Å². The van der Waals surface area contributed by atoms with E-state index in [1.807, 2.05) is 6.07 Å². The SMILES string of the molecule is COc1ccc2cc(C(C)CBr)ccc2c1. The van der Waals surface area contributed by atoms with E-state index in [2.05, 4.69) is 53.2 Å². The summed E-state index contributed by atoms with van der Waals surface area (Å²) in [6.07, 6.45) is 0. The molecule has 0 heterocycles. The predicted molar refractivity (Wildman–Crippen MR) is 72.7 cm³/mol. The maximum atomic E-state index is 5.21. The van der Waals surface area contributed by atoms with E-state index in [0.717, 1.165) is 11.1 Å². The molecule has 0 saturated heterocycles. The Morgan fingerprint density at radius 3 is 2.50 bits per heavy atom. The number of hydrogen-bond acceptors (Lipinski definition) is 1. The molecule has 0 aliphatic carbocycles. The first-order valence-corrected chi connectivity index (χ1v) is 6.50. The minimum Gasteiger partial charge on any atom is -0.497 e. The van der Waals surface area contributed by atoms with E-state index < -0.39 is 0 Å². The molecule has 2 rings (SSSR count). The number of halogens is 1. The van der Waals surface area contributed by atoms with Gasteiger partial charge in [-0.3, -0.25) is 0 Å². The first-order chi connectivity index (χ1) is 7.74. The first-order valence-electron chi connectivity index (χ1n) is 5.38. The van der Waals surface area contributed by atoms with Crippen LogP contribution in [-0.2, 0) is 0 Å². The molecule has 2 aromatic rings. The Kier molecular flexibility index (Phi) is 3.49. The second kappa shape index (κ2) is 4.88. The molecule has 0 N–H and O–H groups in total. The Bertz CT molecular complexity index is 493.